The van der Waals surface area contributed by atoms with E-state index >= 15 is 0 Å². The zero-order valence-electron chi connectivity index (χ0n) is 13.4. The predicted molar refractivity (Wildman–Crippen MR) is 94.3 cm³/mol. The molecule has 23 heavy (non-hydrogen) atoms. The van der Waals surface area contributed by atoms with Gasteiger partial charge in [0.2, 0.25) is 5.91 Å². The van der Waals surface area contributed by atoms with Crippen LogP contribution in [0.25, 0.3) is 0 Å². The van der Waals surface area contributed by atoms with Gasteiger partial charge in [0.1, 0.15) is 0 Å². The van der Waals surface area contributed by atoms with Crippen molar-refractivity contribution in [3.8, 4) is 0 Å². The minimum absolute atomic E-state index is 0.351. The second kappa shape index (κ2) is 7.25. The molecule has 0 aliphatic carbocycles. The van der Waals surface area contributed by atoms with E-state index in [0.717, 1.165) is 31.1 Å². The highest BCUT2D eigenvalue weighted by atomic mass is 32.1. The molecule has 0 unspecified atom stereocenters. The second-order valence-electron chi connectivity index (χ2n) is 6.31. The molecule has 1 aromatic carbocycles. The molecule has 0 spiro atoms. The van der Waals surface area contributed by atoms with Crippen LogP contribution in [0.4, 0.5) is 0 Å². The summed E-state index contributed by atoms with van der Waals surface area (Å²) in [6.07, 6.45) is 0. The summed E-state index contributed by atoms with van der Waals surface area (Å²) in [5.41, 5.74) is 7.27. The summed E-state index contributed by atoms with van der Waals surface area (Å²) in [7, 11) is 0. The maximum absolute atomic E-state index is 11.1. The monoisotopic (exact) mass is 329 g/mol. The molecule has 1 amide bonds. The highest BCUT2D eigenvalue weighted by molar-refractivity contribution is 7.10. The number of rotatable bonds is 6. The highest BCUT2D eigenvalue weighted by Gasteiger charge is 2.29. The summed E-state index contributed by atoms with van der Waals surface area (Å²) in [4.78, 5) is 14.8. The van der Waals surface area contributed by atoms with Crippen LogP contribution in [0, 0.1) is 5.92 Å². The van der Waals surface area contributed by atoms with Gasteiger partial charge in [-0.1, -0.05) is 37.3 Å². The zero-order valence-corrected chi connectivity index (χ0v) is 14.2. The first-order valence-corrected chi connectivity index (χ1v) is 8.86. The van der Waals surface area contributed by atoms with Gasteiger partial charge in [-0.05, 0) is 17.5 Å². The van der Waals surface area contributed by atoms with Crippen LogP contribution in [0.2, 0.25) is 0 Å². The largest absolute Gasteiger partial charge is 0.366 e. The summed E-state index contributed by atoms with van der Waals surface area (Å²) in [5.74, 6) is 0.269. The summed E-state index contributed by atoms with van der Waals surface area (Å²) >= 11 is 1.59. The van der Waals surface area contributed by atoms with Crippen LogP contribution in [-0.4, -0.2) is 29.9 Å². The predicted octanol–water partition coefficient (Wildman–Crippen LogP) is 2.46. The Bertz CT molecular complexity index is 655. The van der Waals surface area contributed by atoms with Crippen molar-refractivity contribution in [1.29, 1.82) is 0 Å². The van der Waals surface area contributed by atoms with Crippen LogP contribution in [0.3, 0.4) is 0 Å². The van der Waals surface area contributed by atoms with Gasteiger partial charge < -0.3 is 11.1 Å². The Labute approximate surface area is 141 Å². The third-order valence-electron chi connectivity index (χ3n) is 4.41. The number of carbonyl (C=O) groups is 1. The molecule has 1 saturated heterocycles. The number of nitrogens with two attached hydrogens (primary N) is 1. The fourth-order valence-corrected chi connectivity index (χ4v) is 3.96. The van der Waals surface area contributed by atoms with E-state index in [1.807, 2.05) is 11.4 Å². The summed E-state index contributed by atoms with van der Waals surface area (Å²) in [6, 6.07) is 13.0. The fourth-order valence-electron chi connectivity index (χ4n) is 3.14. The van der Waals surface area contributed by atoms with E-state index in [-0.39, 0.29) is 5.91 Å². The summed E-state index contributed by atoms with van der Waals surface area (Å²) < 4.78 is 0. The number of nitrogens with one attached hydrogen (secondary N) is 1. The molecule has 4 nitrogen and oxygen atoms in total. The van der Waals surface area contributed by atoms with Gasteiger partial charge in [-0.2, -0.15) is 0 Å². The molecular formula is C18H23N3OS. The maximum atomic E-state index is 11.1. The number of benzene rings is 1. The van der Waals surface area contributed by atoms with Crippen molar-refractivity contribution in [3.63, 3.8) is 0 Å². The first-order chi connectivity index (χ1) is 11.1. The smallest absolute Gasteiger partial charge is 0.249 e. The third kappa shape index (κ3) is 4.19. The van der Waals surface area contributed by atoms with E-state index in [2.05, 4.69) is 47.5 Å². The molecule has 0 saturated carbocycles. The van der Waals surface area contributed by atoms with Crippen LogP contribution in [0.15, 0.2) is 41.8 Å². The highest BCUT2D eigenvalue weighted by Crippen LogP contribution is 2.20. The number of hydrogen-bond acceptors (Lipinski definition) is 4. The third-order valence-corrected chi connectivity index (χ3v) is 5.35. The molecule has 122 valence electrons. The van der Waals surface area contributed by atoms with Crippen LogP contribution < -0.4 is 11.1 Å². The van der Waals surface area contributed by atoms with E-state index < -0.39 is 0 Å². The Balaban J connectivity index is 1.51. The lowest BCUT2D eigenvalue weighted by Crippen LogP contribution is -2.34. The molecule has 2 aromatic rings. The van der Waals surface area contributed by atoms with Gasteiger partial charge in [-0.25, -0.2) is 0 Å². The quantitative estimate of drug-likeness (QED) is 0.856. The average Bonchev–Trinajstić information content (AvgIpc) is 3.13. The van der Waals surface area contributed by atoms with Gasteiger partial charge in [-0.3, -0.25) is 9.69 Å². The van der Waals surface area contributed by atoms with Crippen molar-refractivity contribution in [2.24, 2.45) is 11.7 Å². The first-order valence-electron chi connectivity index (χ1n) is 7.98. The minimum atomic E-state index is -0.351. The topological polar surface area (TPSA) is 58.4 Å². The van der Waals surface area contributed by atoms with Gasteiger partial charge in [0.15, 0.2) is 0 Å². The zero-order chi connectivity index (χ0) is 16.2. The second-order valence-corrected chi connectivity index (χ2v) is 7.31. The van der Waals surface area contributed by atoms with E-state index in [1.54, 1.807) is 11.3 Å². The van der Waals surface area contributed by atoms with Crippen molar-refractivity contribution in [2.75, 3.05) is 13.1 Å². The van der Waals surface area contributed by atoms with Gasteiger partial charge >= 0.3 is 0 Å². The van der Waals surface area contributed by atoms with Crippen molar-refractivity contribution >= 4 is 17.2 Å². The Morgan fingerprint density at radius 3 is 2.83 bits per heavy atom. The van der Waals surface area contributed by atoms with E-state index in [4.69, 9.17) is 5.73 Å². The van der Waals surface area contributed by atoms with Crippen LogP contribution in [0.5, 0.6) is 0 Å². The lowest BCUT2D eigenvalue weighted by molar-refractivity contribution is 0.100. The minimum Gasteiger partial charge on any atom is -0.366 e. The van der Waals surface area contributed by atoms with Crippen LogP contribution in [-0.2, 0) is 13.1 Å². The lowest BCUT2D eigenvalue weighted by Gasteiger charge is -2.17. The van der Waals surface area contributed by atoms with E-state index in [9.17, 15) is 4.79 Å². The van der Waals surface area contributed by atoms with Gasteiger partial charge in [0, 0.05) is 42.5 Å². The van der Waals surface area contributed by atoms with Crippen molar-refractivity contribution in [2.45, 2.75) is 26.1 Å². The Morgan fingerprint density at radius 1 is 1.35 bits per heavy atom. The number of primary amides is 1. The standard InChI is InChI=1S/C18H23N3OS/c1-13-9-21(10-14-5-3-2-4-6-14)11-17(13)20-8-16-7-15(12-23-16)18(19)22/h2-7,12-13,17,20H,8-11H2,1H3,(H2,19,22)/t13-,17-/m1/s1. The van der Waals surface area contributed by atoms with Gasteiger partial charge in [0.25, 0.3) is 0 Å². The molecule has 1 aliphatic rings. The molecule has 3 N–H and O–H groups in total. The van der Waals surface area contributed by atoms with Crippen molar-refractivity contribution < 1.29 is 4.79 Å². The normalized spacial score (nSPS) is 21.6. The molecule has 0 bridgehead atoms. The average molecular weight is 329 g/mol. The summed E-state index contributed by atoms with van der Waals surface area (Å²) in [5, 5.41) is 5.46. The molecule has 2 atom stereocenters. The number of carbonyl (C=O) groups excluding carboxylic acids is 1. The molecular weight excluding hydrogens is 306 g/mol. The Morgan fingerprint density at radius 2 is 2.13 bits per heavy atom. The maximum Gasteiger partial charge on any atom is 0.249 e. The molecule has 1 fully saturated rings. The van der Waals surface area contributed by atoms with Gasteiger partial charge in [0.05, 0.1) is 5.56 Å². The van der Waals surface area contributed by atoms with E-state index in [0.29, 0.717) is 17.5 Å². The fraction of sp³-hybridized carbons (Fsp3) is 0.389. The number of thiophene rings is 1. The molecule has 0 radical (unpaired) electrons. The SMILES string of the molecule is C[C@@H]1CN(Cc2ccccc2)C[C@H]1NCc1cc(C(N)=O)cs1. The number of likely N-dealkylation sites (tertiary alicyclic amines) is 1. The number of nitrogens with zero attached hydrogens (tertiary/aromatic N) is 1. The van der Waals surface area contributed by atoms with Crippen molar-refractivity contribution in [1.82, 2.24) is 10.2 Å². The number of hydrogen-bond donors (Lipinski definition) is 2. The van der Waals surface area contributed by atoms with Crippen molar-refractivity contribution in [3.05, 3.63) is 57.8 Å². The molecule has 5 heteroatoms. The molecule has 2 heterocycles. The lowest BCUT2D eigenvalue weighted by atomic mass is 10.1. The molecule has 3 rings (SSSR count). The summed E-state index contributed by atoms with van der Waals surface area (Å²) in [6.45, 7) is 6.28. The van der Waals surface area contributed by atoms with Crippen LogP contribution >= 0.6 is 11.3 Å². The molecule has 1 aliphatic heterocycles. The molecule has 1 aromatic heterocycles. The Hall–Kier alpha value is -1.69. The van der Waals surface area contributed by atoms with Gasteiger partial charge in [-0.15, -0.1) is 11.3 Å². The van der Waals surface area contributed by atoms with Crippen LogP contribution in [0.1, 0.15) is 27.7 Å². The Kier molecular flexibility index (Phi) is 5.10. The number of amides is 1. The first kappa shape index (κ1) is 16.2. The van der Waals surface area contributed by atoms with E-state index in [1.165, 1.54) is 5.56 Å².